The summed E-state index contributed by atoms with van der Waals surface area (Å²) in [5, 5.41) is 6.47. The SMILES string of the molecule is CN(C)C(CNC(=O)N1CCC2(CCNC2)C1)c1ccc(F)cc1. The van der Waals surface area contributed by atoms with Crippen molar-refractivity contribution in [1.29, 1.82) is 0 Å². The maximum Gasteiger partial charge on any atom is 0.317 e. The molecule has 0 aliphatic carbocycles. The van der Waals surface area contributed by atoms with Gasteiger partial charge in [-0.15, -0.1) is 0 Å². The fraction of sp³-hybridized carbons (Fsp3) is 0.611. The number of urea groups is 1. The van der Waals surface area contributed by atoms with E-state index in [0.29, 0.717) is 6.54 Å². The molecule has 2 aliphatic rings. The minimum atomic E-state index is -0.243. The van der Waals surface area contributed by atoms with Gasteiger partial charge in [0.1, 0.15) is 5.82 Å². The molecule has 0 aromatic heterocycles. The monoisotopic (exact) mass is 334 g/mol. The van der Waals surface area contributed by atoms with E-state index in [1.807, 2.05) is 23.9 Å². The predicted molar refractivity (Wildman–Crippen MR) is 92.3 cm³/mol. The van der Waals surface area contributed by atoms with Gasteiger partial charge < -0.3 is 20.4 Å². The molecule has 2 unspecified atom stereocenters. The molecule has 6 heteroatoms. The van der Waals surface area contributed by atoms with Gasteiger partial charge in [-0.1, -0.05) is 12.1 Å². The van der Waals surface area contributed by atoms with Crippen LogP contribution in [0.3, 0.4) is 0 Å². The van der Waals surface area contributed by atoms with Crippen molar-refractivity contribution in [1.82, 2.24) is 20.4 Å². The lowest BCUT2D eigenvalue weighted by molar-refractivity contribution is 0.196. The first-order chi connectivity index (χ1) is 11.5. The number of likely N-dealkylation sites (N-methyl/N-ethyl adjacent to an activating group) is 1. The summed E-state index contributed by atoms with van der Waals surface area (Å²) >= 11 is 0. The molecule has 132 valence electrons. The van der Waals surface area contributed by atoms with E-state index in [0.717, 1.165) is 44.6 Å². The Bertz CT molecular complexity index is 569. The fourth-order valence-electron chi connectivity index (χ4n) is 3.83. The maximum atomic E-state index is 13.1. The van der Waals surface area contributed by atoms with Crippen LogP contribution in [-0.4, -0.2) is 62.7 Å². The molecule has 0 radical (unpaired) electrons. The summed E-state index contributed by atoms with van der Waals surface area (Å²) < 4.78 is 13.1. The van der Waals surface area contributed by atoms with E-state index in [-0.39, 0.29) is 23.3 Å². The highest BCUT2D eigenvalue weighted by Gasteiger charge is 2.41. The Kier molecular flexibility index (Phi) is 5.06. The number of carbonyl (C=O) groups is 1. The number of halogens is 1. The third-order valence-electron chi connectivity index (χ3n) is 5.38. The Morgan fingerprint density at radius 2 is 2.12 bits per heavy atom. The number of nitrogens with one attached hydrogen (secondary N) is 2. The quantitative estimate of drug-likeness (QED) is 0.883. The lowest BCUT2D eigenvalue weighted by Gasteiger charge is -2.27. The van der Waals surface area contributed by atoms with E-state index >= 15 is 0 Å². The molecule has 2 aliphatic heterocycles. The average molecular weight is 334 g/mol. The topological polar surface area (TPSA) is 47.6 Å². The molecule has 2 saturated heterocycles. The van der Waals surface area contributed by atoms with E-state index < -0.39 is 0 Å². The number of rotatable bonds is 4. The number of nitrogens with zero attached hydrogens (tertiary/aromatic N) is 2. The second kappa shape index (κ2) is 7.07. The summed E-state index contributed by atoms with van der Waals surface area (Å²) in [6, 6.07) is 6.52. The first kappa shape index (κ1) is 17.2. The number of hydrogen-bond acceptors (Lipinski definition) is 3. The molecule has 2 fully saturated rings. The van der Waals surface area contributed by atoms with Gasteiger partial charge in [-0.2, -0.15) is 0 Å². The Balaban J connectivity index is 1.56. The molecule has 1 aromatic rings. The number of carbonyl (C=O) groups excluding carboxylic acids is 1. The highest BCUT2D eigenvalue weighted by Crippen LogP contribution is 2.35. The molecule has 1 aromatic carbocycles. The largest absolute Gasteiger partial charge is 0.336 e. The van der Waals surface area contributed by atoms with Crippen molar-refractivity contribution in [3.8, 4) is 0 Å². The molecule has 2 amide bonds. The third-order valence-corrected chi connectivity index (χ3v) is 5.38. The van der Waals surface area contributed by atoms with Crippen LogP contribution in [0.4, 0.5) is 9.18 Å². The van der Waals surface area contributed by atoms with Gasteiger partial charge in [0.15, 0.2) is 0 Å². The molecule has 0 saturated carbocycles. The van der Waals surface area contributed by atoms with Crippen LogP contribution in [0.25, 0.3) is 0 Å². The number of hydrogen-bond donors (Lipinski definition) is 2. The number of likely N-dealkylation sites (tertiary alicyclic amines) is 1. The molecule has 24 heavy (non-hydrogen) atoms. The Hall–Kier alpha value is -1.66. The van der Waals surface area contributed by atoms with Crippen LogP contribution in [0.2, 0.25) is 0 Å². The Morgan fingerprint density at radius 1 is 1.38 bits per heavy atom. The zero-order chi connectivity index (χ0) is 17.2. The predicted octanol–water partition coefficient (Wildman–Crippen LogP) is 1.82. The summed E-state index contributed by atoms with van der Waals surface area (Å²) in [5.74, 6) is -0.243. The van der Waals surface area contributed by atoms with Crippen molar-refractivity contribution >= 4 is 6.03 Å². The van der Waals surface area contributed by atoms with Crippen LogP contribution in [-0.2, 0) is 0 Å². The molecular weight excluding hydrogens is 307 g/mol. The van der Waals surface area contributed by atoms with E-state index in [1.54, 1.807) is 12.1 Å². The summed E-state index contributed by atoms with van der Waals surface area (Å²) in [6.07, 6.45) is 2.25. The summed E-state index contributed by atoms with van der Waals surface area (Å²) in [4.78, 5) is 16.5. The van der Waals surface area contributed by atoms with Crippen LogP contribution in [0, 0.1) is 11.2 Å². The Morgan fingerprint density at radius 3 is 2.75 bits per heavy atom. The van der Waals surface area contributed by atoms with Crippen LogP contribution >= 0.6 is 0 Å². The van der Waals surface area contributed by atoms with Gasteiger partial charge in [0.05, 0.1) is 6.04 Å². The lowest BCUT2D eigenvalue weighted by Crippen LogP contribution is -2.43. The van der Waals surface area contributed by atoms with E-state index in [4.69, 9.17) is 0 Å². The lowest BCUT2D eigenvalue weighted by atomic mass is 9.87. The van der Waals surface area contributed by atoms with Gasteiger partial charge in [0, 0.05) is 31.6 Å². The maximum absolute atomic E-state index is 13.1. The minimum absolute atomic E-state index is 0.00716. The van der Waals surface area contributed by atoms with E-state index in [1.165, 1.54) is 12.1 Å². The first-order valence-electron chi connectivity index (χ1n) is 8.64. The van der Waals surface area contributed by atoms with Gasteiger partial charge >= 0.3 is 6.03 Å². The highest BCUT2D eigenvalue weighted by molar-refractivity contribution is 5.74. The molecule has 2 heterocycles. The van der Waals surface area contributed by atoms with Crippen LogP contribution in [0.1, 0.15) is 24.4 Å². The van der Waals surface area contributed by atoms with Gasteiger partial charge in [0.2, 0.25) is 0 Å². The number of benzene rings is 1. The molecule has 1 spiro atoms. The van der Waals surface area contributed by atoms with Crippen molar-refractivity contribution in [3.63, 3.8) is 0 Å². The zero-order valence-electron chi connectivity index (χ0n) is 14.5. The zero-order valence-corrected chi connectivity index (χ0v) is 14.5. The summed E-state index contributed by atoms with van der Waals surface area (Å²) in [5.41, 5.74) is 1.29. The molecule has 2 N–H and O–H groups in total. The average Bonchev–Trinajstić information content (AvgIpc) is 3.19. The number of amides is 2. The second-order valence-corrected chi connectivity index (χ2v) is 7.32. The van der Waals surface area contributed by atoms with Crippen molar-refractivity contribution in [3.05, 3.63) is 35.6 Å². The second-order valence-electron chi connectivity index (χ2n) is 7.32. The third kappa shape index (κ3) is 3.70. The van der Waals surface area contributed by atoms with Gasteiger partial charge in [-0.05, 0) is 51.2 Å². The molecule has 5 nitrogen and oxygen atoms in total. The Labute approximate surface area is 143 Å². The van der Waals surface area contributed by atoms with Gasteiger partial charge in [-0.3, -0.25) is 0 Å². The smallest absolute Gasteiger partial charge is 0.317 e. The van der Waals surface area contributed by atoms with Gasteiger partial charge in [-0.25, -0.2) is 9.18 Å². The molecule has 0 bridgehead atoms. The van der Waals surface area contributed by atoms with Crippen LogP contribution < -0.4 is 10.6 Å². The fourth-order valence-corrected chi connectivity index (χ4v) is 3.83. The van der Waals surface area contributed by atoms with Crippen LogP contribution in [0.15, 0.2) is 24.3 Å². The summed E-state index contributed by atoms with van der Waals surface area (Å²) in [6.45, 7) is 4.26. The van der Waals surface area contributed by atoms with Crippen molar-refractivity contribution < 1.29 is 9.18 Å². The van der Waals surface area contributed by atoms with Gasteiger partial charge in [0.25, 0.3) is 0 Å². The molecule has 2 atom stereocenters. The van der Waals surface area contributed by atoms with Crippen LogP contribution in [0.5, 0.6) is 0 Å². The van der Waals surface area contributed by atoms with Crippen molar-refractivity contribution in [2.75, 3.05) is 46.8 Å². The molecular formula is C18H27FN4O. The van der Waals surface area contributed by atoms with E-state index in [2.05, 4.69) is 10.6 Å². The van der Waals surface area contributed by atoms with E-state index in [9.17, 15) is 9.18 Å². The van der Waals surface area contributed by atoms with Crippen molar-refractivity contribution in [2.45, 2.75) is 18.9 Å². The molecule has 3 rings (SSSR count). The normalized spacial score (nSPS) is 24.8. The van der Waals surface area contributed by atoms with Crippen molar-refractivity contribution in [2.24, 2.45) is 5.41 Å². The standard InChI is InChI=1S/C18H27FN4O/c1-22(2)16(14-3-5-15(19)6-4-14)11-21-17(24)23-10-8-18(13-23)7-9-20-12-18/h3-6,16,20H,7-13H2,1-2H3,(H,21,24). The highest BCUT2D eigenvalue weighted by atomic mass is 19.1. The first-order valence-corrected chi connectivity index (χ1v) is 8.64. The summed E-state index contributed by atoms with van der Waals surface area (Å²) in [7, 11) is 3.93. The minimum Gasteiger partial charge on any atom is -0.336 e.